The van der Waals surface area contributed by atoms with Gasteiger partial charge in [-0.25, -0.2) is 4.79 Å². The number of anilines is 2. The molecule has 0 saturated heterocycles. The van der Waals surface area contributed by atoms with Gasteiger partial charge in [0.25, 0.3) is 0 Å². The Bertz CT molecular complexity index is 962. The minimum Gasteiger partial charge on any atom is -0.374 e. The molecule has 3 aromatic rings. The first-order valence-corrected chi connectivity index (χ1v) is 7.72. The molecule has 23 heavy (non-hydrogen) atoms. The Labute approximate surface area is 135 Å². The average molecular weight is 327 g/mol. The Morgan fingerprint density at radius 2 is 2.09 bits per heavy atom. The number of carbonyl (C=O) groups excluding carboxylic acids is 1. The van der Waals surface area contributed by atoms with Gasteiger partial charge in [0.1, 0.15) is 17.1 Å². The first-order valence-electron chi connectivity index (χ1n) is 6.84. The molecule has 2 aromatic heterocycles. The Morgan fingerprint density at radius 3 is 2.87 bits per heavy atom. The van der Waals surface area contributed by atoms with E-state index in [1.807, 2.05) is 6.07 Å². The molecule has 0 saturated carbocycles. The lowest BCUT2D eigenvalue weighted by Gasteiger charge is -2.14. The summed E-state index contributed by atoms with van der Waals surface area (Å²) in [6.07, 6.45) is 0. The summed E-state index contributed by atoms with van der Waals surface area (Å²) >= 11 is 1.30. The number of hydrogen-bond acceptors (Lipinski definition) is 5. The first-order chi connectivity index (χ1) is 11.1. The predicted molar refractivity (Wildman–Crippen MR) is 89.7 cm³/mol. The fourth-order valence-electron chi connectivity index (χ4n) is 2.15. The number of nitrogens with zero attached hydrogens (tertiary/aromatic N) is 1. The number of fused-ring (bicyclic) bond motifs is 1. The monoisotopic (exact) mass is 327 g/mol. The molecule has 0 aliphatic carbocycles. The van der Waals surface area contributed by atoms with E-state index in [9.17, 15) is 9.59 Å². The van der Waals surface area contributed by atoms with Gasteiger partial charge in [0.15, 0.2) is 0 Å². The number of aromatic nitrogens is 2. The van der Waals surface area contributed by atoms with Crippen LogP contribution in [0.15, 0.2) is 34.4 Å². The molecule has 8 heteroatoms. The van der Waals surface area contributed by atoms with E-state index in [0.717, 1.165) is 0 Å². The summed E-state index contributed by atoms with van der Waals surface area (Å²) in [4.78, 5) is 28.8. The van der Waals surface area contributed by atoms with Crippen molar-refractivity contribution in [1.29, 1.82) is 5.26 Å². The van der Waals surface area contributed by atoms with E-state index in [0.29, 0.717) is 27.3 Å². The number of hydrogen-bond donors (Lipinski definition) is 4. The molecule has 1 aromatic carbocycles. The number of carbonyl (C=O) groups is 1. The van der Waals surface area contributed by atoms with E-state index in [4.69, 9.17) is 5.26 Å². The van der Waals surface area contributed by atoms with Gasteiger partial charge in [0.05, 0.1) is 16.6 Å². The van der Waals surface area contributed by atoms with Gasteiger partial charge in [0, 0.05) is 5.69 Å². The Hall–Kier alpha value is -3.05. The zero-order chi connectivity index (χ0) is 16.4. The number of benzene rings is 1. The molecule has 116 valence electrons. The number of amides is 1. The molecule has 0 bridgehead atoms. The van der Waals surface area contributed by atoms with Crippen LogP contribution < -0.4 is 16.3 Å². The maximum Gasteiger partial charge on any atom is 0.323 e. The minimum absolute atomic E-state index is 0.244. The highest BCUT2D eigenvalue weighted by Gasteiger charge is 2.15. The number of nitrogens with one attached hydrogen (secondary N) is 4. The molecule has 0 radical (unpaired) electrons. The number of H-pyrrole nitrogens is 2. The highest BCUT2D eigenvalue weighted by Crippen LogP contribution is 2.22. The largest absolute Gasteiger partial charge is 0.374 e. The van der Waals surface area contributed by atoms with Crippen LogP contribution in [0.1, 0.15) is 12.5 Å². The van der Waals surface area contributed by atoms with Gasteiger partial charge in [-0.3, -0.25) is 4.79 Å². The third-order valence-corrected chi connectivity index (χ3v) is 4.14. The summed E-state index contributed by atoms with van der Waals surface area (Å²) in [7, 11) is 0. The van der Waals surface area contributed by atoms with E-state index in [2.05, 4.69) is 20.6 Å². The standard InChI is InChI=1S/C15H13N5O2S/c1-8(13(21)20-14-9(7-16)4-5-23-14)17-10-2-3-11-12(6-10)19-15(22)18-11/h2-6,8,17H,1H3,(H,20,21)(H2,18,19,22). The molecule has 1 amide bonds. The van der Waals surface area contributed by atoms with Gasteiger partial charge in [-0.05, 0) is 36.6 Å². The Balaban J connectivity index is 1.72. The number of imidazole rings is 1. The SMILES string of the molecule is CC(Nc1ccc2[nH]c(=O)[nH]c2c1)C(=O)Nc1sccc1C#N. The van der Waals surface area contributed by atoms with Crippen molar-refractivity contribution in [1.82, 2.24) is 9.97 Å². The Kier molecular flexibility index (Phi) is 3.87. The van der Waals surface area contributed by atoms with E-state index < -0.39 is 6.04 Å². The second-order valence-corrected chi connectivity index (χ2v) is 5.89. The van der Waals surface area contributed by atoms with Crippen LogP contribution in [0.5, 0.6) is 0 Å². The van der Waals surface area contributed by atoms with Crippen molar-refractivity contribution in [3.05, 3.63) is 45.7 Å². The van der Waals surface area contributed by atoms with Crippen molar-refractivity contribution >= 4 is 39.0 Å². The van der Waals surface area contributed by atoms with E-state index >= 15 is 0 Å². The molecular formula is C15H13N5O2S. The van der Waals surface area contributed by atoms with E-state index in [-0.39, 0.29) is 11.6 Å². The molecule has 2 heterocycles. The van der Waals surface area contributed by atoms with Crippen LogP contribution in [0, 0.1) is 11.3 Å². The first kappa shape index (κ1) is 14.9. The Morgan fingerprint density at radius 1 is 1.30 bits per heavy atom. The molecule has 1 unspecified atom stereocenters. The van der Waals surface area contributed by atoms with Gasteiger partial charge in [-0.1, -0.05) is 0 Å². The van der Waals surface area contributed by atoms with Crippen LogP contribution in [-0.4, -0.2) is 21.9 Å². The normalized spacial score (nSPS) is 11.8. The summed E-state index contributed by atoms with van der Waals surface area (Å²) in [5, 5.41) is 17.0. The quantitative estimate of drug-likeness (QED) is 0.588. The topological polar surface area (TPSA) is 114 Å². The van der Waals surface area contributed by atoms with Crippen LogP contribution in [0.25, 0.3) is 11.0 Å². The third-order valence-electron chi connectivity index (χ3n) is 3.31. The van der Waals surface area contributed by atoms with Gasteiger partial charge in [0.2, 0.25) is 5.91 Å². The fraction of sp³-hybridized carbons (Fsp3) is 0.133. The molecule has 0 spiro atoms. The van der Waals surface area contributed by atoms with Crippen LogP contribution in [0.4, 0.5) is 10.7 Å². The van der Waals surface area contributed by atoms with Crippen LogP contribution in [0.2, 0.25) is 0 Å². The van der Waals surface area contributed by atoms with Crippen molar-refractivity contribution in [2.45, 2.75) is 13.0 Å². The zero-order valence-electron chi connectivity index (χ0n) is 12.1. The summed E-state index contributed by atoms with van der Waals surface area (Å²) < 4.78 is 0. The van der Waals surface area contributed by atoms with Gasteiger partial charge in [-0.2, -0.15) is 5.26 Å². The molecule has 4 N–H and O–H groups in total. The minimum atomic E-state index is -0.508. The highest BCUT2D eigenvalue weighted by molar-refractivity contribution is 7.14. The molecule has 0 aliphatic heterocycles. The zero-order valence-corrected chi connectivity index (χ0v) is 13.0. The smallest absolute Gasteiger partial charge is 0.323 e. The van der Waals surface area contributed by atoms with Gasteiger partial charge in [-0.15, -0.1) is 11.3 Å². The summed E-state index contributed by atoms with van der Waals surface area (Å²) in [5.41, 5.74) is 2.25. The maximum absolute atomic E-state index is 12.2. The van der Waals surface area contributed by atoms with Crippen molar-refractivity contribution in [3.8, 4) is 6.07 Å². The number of thiophene rings is 1. The maximum atomic E-state index is 12.2. The molecule has 0 fully saturated rings. The molecular weight excluding hydrogens is 314 g/mol. The summed E-state index contributed by atoms with van der Waals surface area (Å²) in [5.74, 6) is -0.244. The van der Waals surface area contributed by atoms with Crippen molar-refractivity contribution < 1.29 is 4.79 Å². The van der Waals surface area contributed by atoms with Crippen LogP contribution >= 0.6 is 11.3 Å². The van der Waals surface area contributed by atoms with Crippen molar-refractivity contribution in [2.24, 2.45) is 0 Å². The van der Waals surface area contributed by atoms with E-state index in [1.54, 1.807) is 36.6 Å². The second-order valence-electron chi connectivity index (χ2n) is 4.97. The highest BCUT2D eigenvalue weighted by atomic mass is 32.1. The van der Waals surface area contributed by atoms with Gasteiger partial charge < -0.3 is 20.6 Å². The van der Waals surface area contributed by atoms with Crippen LogP contribution in [0.3, 0.4) is 0 Å². The molecule has 7 nitrogen and oxygen atoms in total. The summed E-state index contributed by atoms with van der Waals surface area (Å²) in [6.45, 7) is 1.72. The van der Waals surface area contributed by atoms with E-state index in [1.165, 1.54) is 11.3 Å². The van der Waals surface area contributed by atoms with Gasteiger partial charge >= 0.3 is 5.69 Å². The van der Waals surface area contributed by atoms with Crippen LogP contribution in [-0.2, 0) is 4.79 Å². The lowest BCUT2D eigenvalue weighted by atomic mass is 10.2. The van der Waals surface area contributed by atoms with Crippen molar-refractivity contribution in [2.75, 3.05) is 10.6 Å². The number of aromatic amines is 2. The lowest BCUT2D eigenvalue weighted by Crippen LogP contribution is -2.31. The average Bonchev–Trinajstić information content (AvgIpc) is 3.11. The fourth-order valence-corrected chi connectivity index (χ4v) is 2.89. The lowest BCUT2D eigenvalue weighted by molar-refractivity contribution is -0.116. The molecule has 3 rings (SSSR count). The molecule has 0 aliphatic rings. The number of nitriles is 1. The predicted octanol–water partition coefficient (Wildman–Crippen LogP) is 2.23. The summed E-state index contributed by atoms with van der Waals surface area (Å²) in [6, 6.07) is 8.47. The number of rotatable bonds is 4. The second kappa shape index (κ2) is 5.98. The third kappa shape index (κ3) is 3.09. The molecule has 1 atom stereocenters. The van der Waals surface area contributed by atoms with Crippen molar-refractivity contribution in [3.63, 3.8) is 0 Å².